The molecule has 2 atom stereocenters. The van der Waals surface area contributed by atoms with E-state index < -0.39 is 0 Å². The van der Waals surface area contributed by atoms with E-state index >= 15 is 0 Å². The van der Waals surface area contributed by atoms with Gasteiger partial charge in [-0.3, -0.25) is 0 Å². The molecule has 0 radical (unpaired) electrons. The van der Waals surface area contributed by atoms with Crippen LogP contribution in [0.2, 0.25) is 0 Å². The van der Waals surface area contributed by atoms with Gasteiger partial charge in [0.1, 0.15) is 0 Å². The van der Waals surface area contributed by atoms with Gasteiger partial charge >= 0.3 is 0 Å². The zero-order valence-electron chi connectivity index (χ0n) is 13.3. The highest BCUT2D eigenvalue weighted by Gasteiger charge is 2.29. The summed E-state index contributed by atoms with van der Waals surface area (Å²) in [6, 6.07) is 14.3. The third-order valence-corrected chi connectivity index (χ3v) is 4.40. The Balaban J connectivity index is 2.12. The molecule has 0 bridgehead atoms. The number of ether oxygens (including phenoxy) is 2. The van der Waals surface area contributed by atoms with E-state index in [0.717, 1.165) is 24.2 Å². The summed E-state index contributed by atoms with van der Waals surface area (Å²) < 4.78 is 10.9. The highest BCUT2D eigenvalue weighted by molar-refractivity contribution is 5.52. The molecule has 0 saturated carbocycles. The smallest absolute Gasteiger partial charge is 0.161 e. The van der Waals surface area contributed by atoms with Gasteiger partial charge in [-0.1, -0.05) is 35.4 Å². The molecule has 23 heavy (non-hydrogen) atoms. The first-order chi connectivity index (χ1) is 11.3. The fourth-order valence-corrected chi connectivity index (χ4v) is 3.34. The summed E-state index contributed by atoms with van der Waals surface area (Å²) in [5.74, 6) is 1.63. The van der Waals surface area contributed by atoms with Crippen molar-refractivity contribution in [3.63, 3.8) is 0 Å². The van der Waals surface area contributed by atoms with Gasteiger partial charge < -0.3 is 9.47 Å². The lowest BCUT2D eigenvalue weighted by atomic mass is 9.76. The lowest BCUT2D eigenvalue weighted by Crippen LogP contribution is -2.22. The van der Waals surface area contributed by atoms with E-state index in [1.54, 1.807) is 14.2 Å². The van der Waals surface area contributed by atoms with Crippen molar-refractivity contribution < 1.29 is 9.47 Å². The SMILES string of the molecule is COc1cc2c(cc1OC)[C@@H](c1ccccc1)C[C@H](N=[N+]=[N-])C2. The lowest BCUT2D eigenvalue weighted by Gasteiger charge is -2.30. The molecule has 0 unspecified atom stereocenters. The number of methoxy groups -OCH3 is 2. The molecule has 1 aliphatic carbocycles. The first-order valence-corrected chi connectivity index (χ1v) is 7.60. The average molecular weight is 309 g/mol. The van der Waals surface area contributed by atoms with Crippen LogP contribution in [0.15, 0.2) is 47.6 Å². The van der Waals surface area contributed by atoms with Crippen LogP contribution in [0.4, 0.5) is 0 Å². The molecule has 0 fully saturated rings. The molecule has 118 valence electrons. The molecule has 3 rings (SSSR count). The number of benzene rings is 2. The van der Waals surface area contributed by atoms with E-state index in [4.69, 9.17) is 15.0 Å². The average Bonchev–Trinajstić information content (AvgIpc) is 2.61. The van der Waals surface area contributed by atoms with Gasteiger partial charge in [-0.05, 0) is 47.2 Å². The van der Waals surface area contributed by atoms with E-state index in [0.29, 0.717) is 5.75 Å². The van der Waals surface area contributed by atoms with Gasteiger partial charge in [0, 0.05) is 16.9 Å². The molecule has 0 saturated heterocycles. The van der Waals surface area contributed by atoms with Gasteiger partial charge in [0.05, 0.1) is 14.2 Å². The van der Waals surface area contributed by atoms with Crippen LogP contribution < -0.4 is 9.47 Å². The maximum absolute atomic E-state index is 8.82. The van der Waals surface area contributed by atoms with E-state index in [1.165, 1.54) is 11.1 Å². The molecule has 0 aliphatic heterocycles. The van der Waals surface area contributed by atoms with Crippen molar-refractivity contribution in [3.8, 4) is 11.5 Å². The number of hydrogen-bond donors (Lipinski definition) is 0. The Kier molecular flexibility index (Phi) is 4.40. The summed E-state index contributed by atoms with van der Waals surface area (Å²) in [6.45, 7) is 0. The third kappa shape index (κ3) is 2.96. The minimum atomic E-state index is -0.0455. The minimum Gasteiger partial charge on any atom is -0.493 e. The Morgan fingerprint density at radius 3 is 2.43 bits per heavy atom. The molecule has 0 spiro atoms. The van der Waals surface area contributed by atoms with Gasteiger partial charge in [-0.25, -0.2) is 0 Å². The van der Waals surface area contributed by atoms with Crippen molar-refractivity contribution in [2.24, 2.45) is 5.11 Å². The molecule has 0 aromatic heterocycles. The van der Waals surface area contributed by atoms with Gasteiger partial charge in [0.25, 0.3) is 0 Å². The van der Waals surface area contributed by atoms with Crippen LogP contribution in [-0.2, 0) is 6.42 Å². The van der Waals surface area contributed by atoms with Gasteiger partial charge in [0.15, 0.2) is 11.5 Å². The van der Waals surface area contributed by atoms with Crippen molar-refractivity contribution in [2.45, 2.75) is 24.8 Å². The fraction of sp³-hybridized carbons (Fsp3) is 0.333. The first-order valence-electron chi connectivity index (χ1n) is 7.60. The second-order valence-electron chi connectivity index (χ2n) is 5.67. The van der Waals surface area contributed by atoms with E-state index in [9.17, 15) is 0 Å². The maximum atomic E-state index is 8.82. The van der Waals surface area contributed by atoms with Crippen LogP contribution in [0.3, 0.4) is 0 Å². The molecular formula is C18H19N3O2. The van der Waals surface area contributed by atoms with E-state index in [1.807, 2.05) is 24.3 Å². The molecule has 2 aromatic carbocycles. The van der Waals surface area contributed by atoms with Gasteiger partial charge in [-0.2, -0.15) is 0 Å². The van der Waals surface area contributed by atoms with Gasteiger partial charge in [-0.15, -0.1) is 0 Å². The fourth-order valence-electron chi connectivity index (χ4n) is 3.34. The Morgan fingerprint density at radius 1 is 1.09 bits per heavy atom. The summed E-state index contributed by atoms with van der Waals surface area (Å²) in [4.78, 5) is 3.01. The number of azide groups is 1. The van der Waals surface area contributed by atoms with Gasteiger partial charge in [0.2, 0.25) is 0 Å². The summed E-state index contributed by atoms with van der Waals surface area (Å²) in [5, 5.41) is 3.96. The standard InChI is InChI=1S/C18H19N3O2/c1-22-17-9-13-8-14(20-21-19)10-15(12-6-4-3-5-7-12)16(13)11-18(17)23-2/h3-7,9,11,14-15H,8,10H2,1-2H3/t14-,15-/m1/s1. The predicted molar refractivity (Wildman–Crippen MR) is 89.1 cm³/mol. The summed E-state index contributed by atoms with van der Waals surface area (Å²) in [6.07, 6.45) is 1.53. The van der Waals surface area contributed by atoms with Crippen LogP contribution in [0, 0.1) is 0 Å². The highest BCUT2D eigenvalue weighted by Crippen LogP contribution is 2.42. The quantitative estimate of drug-likeness (QED) is 0.475. The Labute approximate surface area is 135 Å². The maximum Gasteiger partial charge on any atom is 0.161 e. The van der Waals surface area contributed by atoms with E-state index in [2.05, 4.69) is 28.2 Å². The second-order valence-corrected chi connectivity index (χ2v) is 5.67. The molecule has 5 heteroatoms. The van der Waals surface area contributed by atoms with E-state index in [-0.39, 0.29) is 12.0 Å². The molecular weight excluding hydrogens is 290 g/mol. The summed E-state index contributed by atoms with van der Waals surface area (Å²) >= 11 is 0. The third-order valence-electron chi connectivity index (χ3n) is 4.40. The topological polar surface area (TPSA) is 67.2 Å². The van der Waals surface area contributed by atoms with Crippen LogP contribution in [0.5, 0.6) is 11.5 Å². The number of hydrogen-bond acceptors (Lipinski definition) is 3. The van der Waals surface area contributed by atoms with Crippen LogP contribution in [0.1, 0.15) is 29.0 Å². The van der Waals surface area contributed by atoms with Crippen LogP contribution in [0.25, 0.3) is 10.4 Å². The molecule has 5 nitrogen and oxygen atoms in total. The number of fused-ring (bicyclic) bond motifs is 1. The molecule has 0 N–H and O–H groups in total. The molecule has 1 aliphatic rings. The van der Waals surface area contributed by atoms with Crippen LogP contribution >= 0.6 is 0 Å². The molecule has 0 heterocycles. The first kappa shape index (κ1) is 15.3. The number of rotatable bonds is 4. The van der Waals surface area contributed by atoms with Crippen molar-refractivity contribution in [3.05, 3.63) is 69.6 Å². The normalized spacial score (nSPS) is 19.4. The number of nitrogens with zero attached hydrogens (tertiary/aromatic N) is 3. The second kappa shape index (κ2) is 6.63. The van der Waals surface area contributed by atoms with Crippen molar-refractivity contribution in [1.29, 1.82) is 0 Å². The minimum absolute atomic E-state index is 0.0455. The van der Waals surface area contributed by atoms with Crippen molar-refractivity contribution in [2.75, 3.05) is 14.2 Å². The van der Waals surface area contributed by atoms with Crippen molar-refractivity contribution >= 4 is 0 Å². The predicted octanol–water partition coefficient (Wildman–Crippen LogP) is 4.46. The highest BCUT2D eigenvalue weighted by atomic mass is 16.5. The zero-order valence-corrected chi connectivity index (χ0v) is 13.3. The molecule has 0 amide bonds. The zero-order chi connectivity index (χ0) is 16.2. The molecule has 2 aromatic rings. The monoisotopic (exact) mass is 309 g/mol. The Hall–Kier alpha value is -2.65. The Morgan fingerprint density at radius 2 is 1.78 bits per heavy atom. The Bertz CT molecular complexity index is 739. The summed E-state index contributed by atoms with van der Waals surface area (Å²) in [5.41, 5.74) is 12.4. The largest absolute Gasteiger partial charge is 0.493 e. The lowest BCUT2D eigenvalue weighted by molar-refractivity contribution is 0.352. The van der Waals surface area contributed by atoms with Crippen LogP contribution in [-0.4, -0.2) is 20.3 Å². The van der Waals surface area contributed by atoms with Crippen molar-refractivity contribution in [1.82, 2.24) is 0 Å². The summed E-state index contributed by atoms with van der Waals surface area (Å²) in [7, 11) is 3.28.